The molecule has 3 heterocycles. The summed E-state index contributed by atoms with van der Waals surface area (Å²) >= 11 is 5.42. The van der Waals surface area contributed by atoms with Crippen molar-refractivity contribution in [3.8, 4) is 11.4 Å². The SMILES string of the molecule is CC1(C)CC(n2c(-c3ccncc3)n[nH]c2=S)CCO1. The van der Waals surface area contributed by atoms with Crippen LogP contribution < -0.4 is 0 Å². The number of nitrogens with one attached hydrogen (secondary N) is 1. The van der Waals surface area contributed by atoms with Crippen molar-refractivity contribution in [3.05, 3.63) is 29.3 Å². The molecule has 1 aliphatic heterocycles. The number of hydrogen-bond donors (Lipinski definition) is 1. The Bertz CT molecular complexity index is 647. The van der Waals surface area contributed by atoms with Gasteiger partial charge in [-0.3, -0.25) is 14.6 Å². The van der Waals surface area contributed by atoms with Crippen molar-refractivity contribution >= 4 is 12.2 Å². The Morgan fingerprint density at radius 1 is 1.40 bits per heavy atom. The van der Waals surface area contributed by atoms with Gasteiger partial charge in [-0.05, 0) is 51.0 Å². The highest BCUT2D eigenvalue weighted by molar-refractivity contribution is 7.71. The first-order chi connectivity index (χ1) is 9.57. The normalized spacial score (nSPS) is 21.8. The predicted octanol–water partition coefficient (Wildman–Crippen LogP) is 3.13. The van der Waals surface area contributed by atoms with Crippen molar-refractivity contribution < 1.29 is 4.74 Å². The number of ether oxygens (including phenoxy) is 1. The maximum absolute atomic E-state index is 5.79. The van der Waals surface area contributed by atoms with Gasteiger partial charge in [0.1, 0.15) is 0 Å². The van der Waals surface area contributed by atoms with Crippen molar-refractivity contribution in [1.29, 1.82) is 0 Å². The number of nitrogens with zero attached hydrogens (tertiary/aromatic N) is 3. The zero-order valence-corrected chi connectivity index (χ0v) is 12.5. The van der Waals surface area contributed by atoms with E-state index in [9.17, 15) is 0 Å². The number of aromatic nitrogens is 4. The lowest BCUT2D eigenvalue weighted by molar-refractivity contribution is -0.0690. The molecule has 0 aliphatic carbocycles. The van der Waals surface area contributed by atoms with Gasteiger partial charge in [-0.1, -0.05) is 0 Å². The molecule has 3 rings (SSSR count). The fourth-order valence-electron chi connectivity index (χ4n) is 2.77. The van der Waals surface area contributed by atoms with Crippen LogP contribution in [0.2, 0.25) is 0 Å². The van der Waals surface area contributed by atoms with Crippen molar-refractivity contribution in [2.75, 3.05) is 6.61 Å². The topological polar surface area (TPSA) is 55.7 Å². The zero-order chi connectivity index (χ0) is 14.2. The second kappa shape index (κ2) is 5.10. The number of H-pyrrole nitrogens is 1. The summed E-state index contributed by atoms with van der Waals surface area (Å²) in [5, 5.41) is 7.30. The first-order valence-corrected chi connectivity index (χ1v) is 7.19. The Morgan fingerprint density at radius 2 is 2.15 bits per heavy atom. The lowest BCUT2D eigenvalue weighted by Crippen LogP contribution is -2.35. The molecule has 1 fully saturated rings. The maximum atomic E-state index is 5.79. The standard InChI is InChI=1S/C14H18N4OS/c1-14(2)9-11(5-8-19-14)18-12(16-17-13(18)20)10-3-6-15-7-4-10/h3-4,6-7,11H,5,8-9H2,1-2H3,(H,17,20). The molecule has 106 valence electrons. The highest BCUT2D eigenvalue weighted by Gasteiger charge is 2.31. The van der Waals surface area contributed by atoms with Gasteiger partial charge in [-0.2, -0.15) is 5.10 Å². The Kier molecular flexibility index (Phi) is 3.43. The number of aromatic amines is 1. The average molecular weight is 290 g/mol. The zero-order valence-electron chi connectivity index (χ0n) is 11.7. The Morgan fingerprint density at radius 3 is 2.85 bits per heavy atom. The molecule has 1 N–H and O–H groups in total. The molecule has 20 heavy (non-hydrogen) atoms. The monoisotopic (exact) mass is 290 g/mol. The van der Waals surface area contributed by atoms with E-state index in [1.54, 1.807) is 12.4 Å². The lowest BCUT2D eigenvalue weighted by Gasteiger charge is -2.36. The molecular weight excluding hydrogens is 272 g/mol. The second-order valence-electron chi connectivity index (χ2n) is 5.71. The highest BCUT2D eigenvalue weighted by atomic mass is 32.1. The highest BCUT2D eigenvalue weighted by Crippen LogP contribution is 2.34. The van der Waals surface area contributed by atoms with Gasteiger partial charge >= 0.3 is 0 Å². The summed E-state index contributed by atoms with van der Waals surface area (Å²) in [6.45, 7) is 4.99. The molecule has 5 nitrogen and oxygen atoms in total. The van der Waals surface area contributed by atoms with E-state index in [0.717, 1.165) is 30.8 Å². The predicted molar refractivity (Wildman–Crippen MR) is 78.9 cm³/mol. The molecule has 0 aromatic carbocycles. The number of pyridine rings is 1. The van der Waals surface area contributed by atoms with Crippen LogP contribution in [-0.4, -0.2) is 32.0 Å². The molecule has 0 saturated carbocycles. The summed E-state index contributed by atoms with van der Waals surface area (Å²) in [6, 6.07) is 4.21. The summed E-state index contributed by atoms with van der Waals surface area (Å²) in [4.78, 5) is 4.05. The summed E-state index contributed by atoms with van der Waals surface area (Å²) in [5.41, 5.74) is 0.904. The van der Waals surface area contributed by atoms with Gasteiger partial charge in [-0.15, -0.1) is 0 Å². The summed E-state index contributed by atoms with van der Waals surface area (Å²) in [7, 11) is 0. The van der Waals surface area contributed by atoms with E-state index in [1.807, 2.05) is 12.1 Å². The molecule has 1 atom stereocenters. The fraction of sp³-hybridized carbons (Fsp3) is 0.500. The molecule has 1 aliphatic rings. The minimum Gasteiger partial charge on any atom is -0.375 e. The van der Waals surface area contributed by atoms with Crippen molar-refractivity contribution in [3.63, 3.8) is 0 Å². The van der Waals surface area contributed by atoms with Crippen LogP contribution in [0, 0.1) is 4.77 Å². The molecule has 2 aromatic heterocycles. The maximum Gasteiger partial charge on any atom is 0.195 e. The van der Waals surface area contributed by atoms with Gasteiger partial charge in [0.25, 0.3) is 0 Å². The van der Waals surface area contributed by atoms with Gasteiger partial charge in [0.15, 0.2) is 10.6 Å². The van der Waals surface area contributed by atoms with E-state index >= 15 is 0 Å². The van der Waals surface area contributed by atoms with Gasteiger partial charge in [0, 0.05) is 30.6 Å². The molecular formula is C14H18N4OS. The minimum absolute atomic E-state index is 0.121. The van der Waals surface area contributed by atoms with Crippen molar-refractivity contribution in [2.24, 2.45) is 0 Å². The van der Waals surface area contributed by atoms with Crippen LogP contribution in [0.1, 0.15) is 32.7 Å². The van der Waals surface area contributed by atoms with Crippen molar-refractivity contribution in [2.45, 2.75) is 38.3 Å². The first-order valence-electron chi connectivity index (χ1n) is 6.78. The van der Waals surface area contributed by atoms with Gasteiger partial charge in [0.2, 0.25) is 0 Å². The third-order valence-electron chi connectivity index (χ3n) is 3.68. The smallest absolute Gasteiger partial charge is 0.195 e. The molecule has 0 bridgehead atoms. The molecule has 6 heteroatoms. The van der Waals surface area contributed by atoms with E-state index in [1.165, 1.54) is 0 Å². The van der Waals surface area contributed by atoms with Crippen LogP contribution in [0.25, 0.3) is 11.4 Å². The Labute approximate surface area is 123 Å². The molecule has 0 radical (unpaired) electrons. The van der Waals surface area contributed by atoms with Crippen LogP contribution in [0.4, 0.5) is 0 Å². The third-order valence-corrected chi connectivity index (χ3v) is 3.97. The third kappa shape index (κ3) is 2.53. The van der Waals surface area contributed by atoms with Crippen molar-refractivity contribution in [1.82, 2.24) is 19.7 Å². The van der Waals surface area contributed by atoms with E-state index in [0.29, 0.717) is 10.8 Å². The summed E-state index contributed by atoms with van der Waals surface area (Å²) in [6.07, 6.45) is 5.42. The fourth-order valence-corrected chi connectivity index (χ4v) is 3.05. The number of hydrogen-bond acceptors (Lipinski definition) is 4. The largest absolute Gasteiger partial charge is 0.375 e. The van der Waals surface area contributed by atoms with Crippen LogP contribution in [0.15, 0.2) is 24.5 Å². The van der Waals surface area contributed by atoms with E-state index in [4.69, 9.17) is 17.0 Å². The van der Waals surface area contributed by atoms with Crippen LogP contribution >= 0.6 is 12.2 Å². The molecule has 1 saturated heterocycles. The van der Waals surface area contributed by atoms with E-state index < -0.39 is 0 Å². The Balaban J connectivity index is 2.02. The molecule has 0 spiro atoms. The average Bonchev–Trinajstić information content (AvgIpc) is 2.80. The number of rotatable bonds is 2. The van der Waals surface area contributed by atoms with Gasteiger partial charge < -0.3 is 4.74 Å². The van der Waals surface area contributed by atoms with E-state index in [2.05, 4.69) is 33.6 Å². The van der Waals surface area contributed by atoms with Crippen LogP contribution in [0.3, 0.4) is 0 Å². The van der Waals surface area contributed by atoms with Crippen LogP contribution in [0.5, 0.6) is 0 Å². The molecule has 1 unspecified atom stereocenters. The molecule has 0 amide bonds. The van der Waals surface area contributed by atoms with Gasteiger partial charge in [-0.25, -0.2) is 0 Å². The minimum atomic E-state index is -0.121. The molecule has 2 aromatic rings. The lowest BCUT2D eigenvalue weighted by atomic mass is 9.93. The Hall–Kier alpha value is -1.53. The summed E-state index contributed by atoms with van der Waals surface area (Å²) < 4.78 is 8.58. The van der Waals surface area contributed by atoms with E-state index in [-0.39, 0.29) is 5.60 Å². The van der Waals surface area contributed by atoms with Gasteiger partial charge in [0.05, 0.1) is 5.60 Å². The quantitative estimate of drug-likeness (QED) is 0.863. The summed E-state index contributed by atoms with van der Waals surface area (Å²) in [5.74, 6) is 0.875. The first kappa shape index (κ1) is 13.5. The second-order valence-corrected chi connectivity index (χ2v) is 6.10. The van der Waals surface area contributed by atoms with Crippen LogP contribution in [-0.2, 0) is 4.74 Å².